The fraction of sp³-hybridized carbons (Fsp3) is 0.390. The number of ether oxygens (including phenoxy) is 6. The van der Waals surface area contributed by atoms with Gasteiger partial charge in [0.25, 0.3) is 0 Å². The summed E-state index contributed by atoms with van der Waals surface area (Å²) < 4.78 is 37.4. The number of fused-ring (bicyclic) bond motifs is 2. The molecule has 0 saturated heterocycles. The zero-order valence-corrected chi connectivity index (χ0v) is 31.9. The van der Waals surface area contributed by atoms with Crippen LogP contribution in [0.5, 0.6) is 46.0 Å². The number of halogens is 1. The molecule has 8 rings (SSSR count). The molecule has 0 aliphatic carbocycles. The molecule has 12 heteroatoms. The van der Waals surface area contributed by atoms with Crippen LogP contribution in [0.15, 0.2) is 54.6 Å². The van der Waals surface area contributed by atoms with E-state index in [9.17, 15) is 4.79 Å². The third kappa shape index (κ3) is 7.25. The number of alkyl halides is 1. The molecule has 6 bridgehead atoms. The number of benzene rings is 4. The van der Waals surface area contributed by atoms with Gasteiger partial charge in [0.2, 0.25) is 5.75 Å². The summed E-state index contributed by atoms with van der Waals surface area (Å²) in [6, 6.07) is 17.8. The van der Waals surface area contributed by atoms with Crippen LogP contribution in [0, 0.1) is 0 Å². The number of carbonyl (C=O) groups is 1. The van der Waals surface area contributed by atoms with E-state index in [1.54, 1.807) is 34.5 Å². The zero-order chi connectivity index (χ0) is 37.2. The van der Waals surface area contributed by atoms with Crippen molar-refractivity contribution in [2.45, 2.75) is 37.8 Å². The molecule has 2 amide bonds. The van der Waals surface area contributed by atoms with E-state index in [0.717, 1.165) is 49.0 Å². The monoisotopic (exact) mass is 742 g/mol. The molecule has 0 saturated carbocycles. The number of hydrogen-bond acceptors (Lipinski definition) is 9. The van der Waals surface area contributed by atoms with Crippen molar-refractivity contribution in [3.63, 3.8) is 0 Å². The van der Waals surface area contributed by atoms with Crippen LogP contribution in [-0.4, -0.2) is 83.9 Å². The maximum atomic E-state index is 13.1. The lowest BCUT2D eigenvalue weighted by Crippen LogP contribution is -2.34. The van der Waals surface area contributed by atoms with Gasteiger partial charge in [-0.05, 0) is 104 Å². The van der Waals surface area contributed by atoms with Crippen LogP contribution in [-0.2, 0) is 25.7 Å². The summed E-state index contributed by atoms with van der Waals surface area (Å²) in [5.74, 6) is 4.87. The van der Waals surface area contributed by atoms with Gasteiger partial charge in [-0.1, -0.05) is 12.1 Å². The highest BCUT2D eigenvalue weighted by molar-refractivity contribution is 6.18. The van der Waals surface area contributed by atoms with Crippen LogP contribution in [0.3, 0.4) is 0 Å². The maximum Gasteiger partial charge on any atom is 0.319 e. The Labute approximate surface area is 316 Å². The first kappa shape index (κ1) is 36.5. The summed E-state index contributed by atoms with van der Waals surface area (Å²) in [6.45, 7) is 2.03. The van der Waals surface area contributed by atoms with Crippen LogP contribution < -0.4 is 39.1 Å². The zero-order valence-electron chi connectivity index (χ0n) is 31.1. The van der Waals surface area contributed by atoms with Gasteiger partial charge in [0.05, 0.1) is 28.4 Å². The molecular formula is C41H47ClN4O7. The average molecular weight is 743 g/mol. The third-order valence-electron chi connectivity index (χ3n) is 10.6. The second-order valence-electron chi connectivity index (χ2n) is 13.7. The van der Waals surface area contributed by atoms with E-state index in [1.807, 2.05) is 24.3 Å². The van der Waals surface area contributed by atoms with Crippen molar-refractivity contribution >= 4 is 23.3 Å². The number of likely N-dealkylation sites (N-methyl/N-ethyl adjacent to an activating group) is 2. The SMILES string of the molecule is COc1cc(NC(=O)NCCCl)c2cc1Oc1ccc(cc1)C[C@H]1c3cc(c(OC)cc3CCN1C)Oc1c(OC)c(OC)cc3c1[C@H](C2)N(C)CC3. The number of urea groups is 1. The van der Waals surface area contributed by atoms with Crippen molar-refractivity contribution in [3.8, 4) is 46.0 Å². The Morgan fingerprint density at radius 2 is 1.43 bits per heavy atom. The van der Waals surface area contributed by atoms with E-state index in [1.165, 1.54) is 16.7 Å². The predicted octanol–water partition coefficient (Wildman–Crippen LogP) is 7.52. The lowest BCUT2D eigenvalue weighted by Gasteiger charge is -2.37. The van der Waals surface area contributed by atoms with Crippen LogP contribution in [0.1, 0.15) is 45.5 Å². The summed E-state index contributed by atoms with van der Waals surface area (Å²) in [6.07, 6.45) is 2.94. The van der Waals surface area contributed by atoms with E-state index < -0.39 is 0 Å². The van der Waals surface area contributed by atoms with Gasteiger partial charge in [0.15, 0.2) is 34.5 Å². The van der Waals surface area contributed by atoms with Gasteiger partial charge in [0.1, 0.15) is 5.75 Å². The molecule has 4 heterocycles. The molecule has 0 spiro atoms. The fourth-order valence-corrected chi connectivity index (χ4v) is 7.88. The van der Waals surface area contributed by atoms with E-state index in [0.29, 0.717) is 70.5 Å². The first-order valence-electron chi connectivity index (χ1n) is 17.9. The van der Waals surface area contributed by atoms with Gasteiger partial charge < -0.3 is 39.1 Å². The molecule has 0 unspecified atom stereocenters. The molecule has 2 N–H and O–H groups in total. The Hall–Kier alpha value is -4.84. The molecule has 0 fully saturated rings. The standard InChI is InChI=1S/C41H47ClN4O7/c1-45-15-11-25-19-33(48-3)36-22-29(25)31(45)17-24-7-9-28(10-8-24)52-35-21-27(30(23-34(35)49-4)44-41(47)43-14-13-42)18-32-38-26(12-16-46(32)2)20-37(50-5)39(51-6)40(38)53-36/h7-10,19-23,31-32H,11-18H2,1-6H3,(H2,43,44,47)/t31-,32-/m0/s1. The molecule has 4 aromatic rings. The van der Waals surface area contributed by atoms with E-state index in [-0.39, 0.29) is 18.1 Å². The highest BCUT2D eigenvalue weighted by atomic mass is 35.5. The van der Waals surface area contributed by atoms with Gasteiger partial charge in [-0.15, -0.1) is 11.6 Å². The quantitative estimate of drug-likeness (QED) is 0.186. The molecule has 4 aliphatic heterocycles. The number of nitrogens with one attached hydrogen (secondary N) is 2. The largest absolute Gasteiger partial charge is 0.493 e. The van der Waals surface area contributed by atoms with Crippen molar-refractivity contribution in [1.29, 1.82) is 0 Å². The summed E-state index contributed by atoms with van der Waals surface area (Å²) in [4.78, 5) is 17.8. The predicted molar refractivity (Wildman–Crippen MR) is 205 cm³/mol. The van der Waals surface area contributed by atoms with Gasteiger partial charge in [-0.2, -0.15) is 0 Å². The minimum absolute atomic E-state index is 0.113. The number of anilines is 1. The minimum atomic E-state index is -0.371. The van der Waals surface area contributed by atoms with Gasteiger partial charge in [-0.25, -0.2) is 4.79 Å². The van der Waals surface area contributed by atoms with E-state index >= 15 is 0 Å². The van der Waals surface area contributed by atoms with Crippen LogP contribution in [0.2, 0.25) is 0 Å². The van der Waals surface area contributed by atoms with Crippen molar-refractivity contribution in [2.24, 2.45) is 0 Å². The summed E-state index contributed by atoms with van der Waals surface area (Å²) in [7, 11) is 10.8. The highest BCUT2D eigenvalue weighted by Crippen LogP contribution is 2.52. The minimum Gasteiger partial charge on any atom is -0.493 e. The van der Waals surface area contributed by atoms with Gasteiger partial charge in [-0.3, -0.25) is 9.80 Å². The van der Waals surface area contributed by atoms with E-state index in [4.69, 9.17) is 40.0 Å². The first-order chi connectivity index (χ1) is 25.7. The number of hydrogen-bond donors (Lipinski definition) is 2. The lowest BCUT2D eigenvalue weighted by atomic mass is 9.86. The third-order valence-corrected chi connectivity index (χ3v) is 10.8. The van der Waals surface area contributed by atoms with Crippen LogP contribution in [0.4, 0.5) is 10.5 Å². The molecule has 2 atom stereocenters. The van der Waals surface area contributed by atoms with Crippen molar-refractivity contribution in [2.75, 3.05) is 73.4 Å². The number of carbonyl (C=O) groups excluding carboxylic acids is 1. The van der Waals surface area contributed by atoms with Gasteiger partial charge in [0, 0.05) is 54.9 Å². The normalized spacial score (nSPS) is 18.0. The van der Waals surface area contributed by atoms with E-state index in [2.05, 4.69) is 58.8 Å². The fourth-order valence-electron chi connectivity index (χ4n) is 7.79. The molecule has 0 aromatic heterocycles. The van der Waals surface area contributed by atoms with Crippen molar-refractivity contribution in [1.82, 2.24) is 15.1 Å². The molecule has 4 aromatic carbocycles. The second kappa shape index (κ2) is 15.6. The highest BCUT2D eigenvalue weighted by Gasteiger charge is 2.35. The molecule has 4 aliphatic rings. The molecule has 11 nitrogen and oxygen atoms in total. The van der Waals surface area contributed by atoms with Gasteiger partial charge >= 0.3 is 6.03 Å². The van der Waals surface area contributed by atoms with Crippen molar-refractivity contribution in [3.05, 3.63) is 88.0 Å². The molecular weight excluding hydrogens is 696 g/mol. The second-order valence-corrected chi connectivity index (χ2v) is 14.1. The Morgan fingerprint density at radius 3 is 2.13 bits per heavy atom. The van der Waals surface area contributed by atoms with Crippen LogP contribution >= 0.6 is 11.6 Å². The topological polar surface area (TPSA) is 103 Å². The average Bonchev–Trinajstić information content (AvgIpc) is 3.16. The number of rotatable bonds is 7. The summed E-state index contributed by atoms with van der Waals surface area (Å²) in [5, 5.41) is 5.84. The first-order valence-corrected chi connectivity index (χ1v) is 18.4. The Balaban J connectivity index is 1.46. The number of methoxy groups -OCH3 is 4. The smallest absolute Gasteiger partial charge is 0.319 e. The van der Waals surface area contributed by atoms with Crippen molar-refractivity contribution < 1.29 is 33.2 Å². The molecule has 0 radical (unpaired) electrons. The van der Waals surface area contributed by atoms with Crippen LogP contribution in [0.25, 0.3) is 0 Å². The number of amides is 2. The summed E-state index contributed by atoms with van der Waals surface area (Å²) in [5.41, 5.74) is 7.09. The Bertz CT molecular complexity index is 1990. The Morgan fingerprint density at radius 1 is 0.774 bits per heavy atom. The molecule has 53 heavy (non-hydrogen) atoms. The summed E-state index contributed by atoms with van der Waals surface area (Å²) >= 11 is 5.88. The molecule has 280 valence electrons. The lowest BCUT2D eigenvalue weighted by molar-refractivity contribution is 0.220. The Kier molecular flexibility index (Phi) is 10.8. The number of nitrogens with zero attached hydrogens (tertiary/aromatic N) is 2. The maximum absolute atomic E-state index is 13.1.